The topological polar surface area (TPSA) is 82.7 Å². The number of rotatable bonds is 3. The summed E-state index contributed by atoms with van der Waals surface area (Å²) in [5.41, 5.74) is 0. The van der Waals surface area contributed by atoms with Crippen LogP contribution in [0.25, 0.3) is 0 Å². The van der Waals surface area contributed by atoms with E-state index in [1.165, 1.54) is 0 Å². The van der Waals surface area contributed by atoms with Crippen molar-refractivity contribution in [3.8, 4) is 0 Å². The number of hydrogen-bond donors (Lipinski definition) is 3. The number of furan rings is 1. The van der Waals surface area contributed by atoms with E-state index in [4.69, 9.17) is 9.52 Å². The van der Waals surface area contributed by atoms with Crippen LogP contribution in [0.15, 0.2) is 21.2 Å². The summed E-state index contributed by atoms with van der Waals surface area (Å²) in [5.74, 6) is -0.214. The molecule has 0 spiro atoms. The standard InChI is InChI=1S/C11H14BrNO4/c12-10-2-1-9(17-10)11(16)13-7-3-6(5-14)8(15)4-7/h1-2,6-8,14-15H,3-5H2,(H,13,16)/t6-,7-,8-/m1/s1. The molecule has 3 atom stereocenters. The zero-order valence-corrected chi connectivity index (χ0v) is 10.7. The molecular formula is C11H14BrNO4. The fourth-order valence-corrected chi connectivity index (χ4v) is 2.42. The van der Waals surface area contributed by atoms with E-state index in [2.05, 4.69) is 21.2 Å². The van der Waals surface area contributed by atoms with Gasteiger partial charge in [-0.3, -0.25) is 4.79 Å². The maximum atomic E-state index is 11.7. The van der Waals surface area contributed by atoms with Gasteiger partial charge in [0.05, 0.1) is 6.10 Å². The van der Waals surface area contributed by atoms with E-state index >= 15 is 0 Å². The molecule has 0 radical (unpaired) electrons. The van der Waals surface area contributed by atoms with Gasteiger partial charge in [0.15, 0.2) is 10.4 Å². The normalized spacial score (nSPS) is 28.3. The highest BCUT2D eigenvalue weighted by molar-refractivity contribution is 9.10. The molecule has 1 fully saturated rings. The zero-order chi connectivity index (χ0) is 12.4. The quantitative estimate of drug-likeness (QED) is 0.775. The van der Waals surface area contributed by atoms with E-state index in [1.807, 2.05) is 0 Å². The summed E-state index contributed by atoms with van der Waals surface area (Å²) in [6.07, 6.45) is 0.512. The van der Waals surface area contributed by atoms with Gasteiger partial charge in [0.2, 0.25) is 0 Å². The highest BCUT2D eigenvalue weighted by Crippen LogP contribution is 2.26. The minimum absolute atomic E-state index is 0.0557. The summed E-state index contributed by atoms with van der Waals surface area (Å²) in [5, 5.41) is 21.4. The summed E-state index contributed by atoms with van der Waals surface area (Å²) in [6.45, 7) is -0.0557. The second-order valence-corrected chi connectivity index (χ2v) is 5.04. The molecule has 1 saturated carbocycles. The number of aliphatic hydroxyl groups excluding tert-OH is 2. The van der Waals surface area contributed by atoms with Gasteiger partial charge in [0.25, 0.3) is 5.91 Å². The molecule has 0 aliphatic heterocycles. The Kier molecular flexibility index (Phi) is 3.86. The SMILES string of the molecule is O=C(N[C@@H]1C[C@H](CO)[C@H](O)C1)c1ccc(Br)o1. The van der Waals surface area contributed by atoms with Gasteiger partial charge in [-0.05, 0) is 40.9 Å². The Labute approximate surface area is 107 Å². The number of nitrogens with one attached hydrogen (secondary N) is 1. The van der Waals surface area contributed by atoms with Crippen LogP contribution < -0.4 is 5.32 Å². The summed E-state index contributed by atoms with van der Waals surface area (Å²) < 4.78 is 5.63. The largest absolute Gasteiger partial charge is 0.444 e. The summed E-state index contributed by atoms with van der Waals surface area (Å²) in [7, 11) is 0. The predicted molar refractivity (Wildman–Crippen MR) is 63.5 cm³/mol. The Balaban J connectivity index is 1.92. The molecule has 1 aromatic heterocycles. The molecule has 1 amide bonds. The second-order valence-electron chi connectivity index (χ2n) is 4.26. The lowest BCUT2D eigenvalue weighted by molar-refractivity contribution is 0.0894. The van der Waals surface area contributed by atoms with E-state index in [0.717, 1.165) is 0 Å². The maximum Gasteiger partial charge on any atom is 0.287 e. The first-order chi connectivity index (χ1) is 8.10. The van der Waals surface area contributed by atoms with Gasteiger partial charge >= 0.3 is 0 Å². The smallest absolute Gasteiger partial charge is 0.287 e. The minimum atomic E-state index is -0.548. The first-order valence-corrected chi connectivity index (χ1v) is 6.24. The van der Waals surface area contributed by atoms with Gasteiger partial charge in [0, 0.05) is 18.6 Å². The lowest BCUT2D eigenvalue weighted by atomic mass is 10.1. The average Bonchev–Trinajstić information content (AvgIpc) is 2.85. The molecule has 0 unspecified atom stereocenters. The van der Waals surface area contributed by atoms with Crippen molar-refractivity contribution < 1.29 is 19.4 Å². The molecule has 0 bridgehead atoms. The highest BCUT2D eigenvalue weighted by Gasteiger charge is 2.33. The van der Waals surface area contributed by atoms with Gasteiger partial charge < -0.3 is 19.9 Å². The summed E-state index contributed by atoms with van der Waals surface area (Å²) >= 11 is 3.12. The molecule has 1 aromatic rings. The van der Waals surface area contributed by atoms with Gasteiger partial charge in [-0.1, -0.05) is 0 Å². The summed E-state index contributed by atoms with van der Waals surface area (Å²) in [6, 6.07) is 3.11. The monoisotopic (exact) mass is 303 g/mol. The second kappa shape index (κ2) is 5.20. The fraction of sp³-hybridized carbons (Fsp3) is 0.545. The molecule has 6 heteroatoms. The van der Waals surface area contributed by atoms with Crippen LogP contribution in [0.4, 0.5) is 0 Å². The van der Waals surface area contributed by atoms with E-state index < -0.39 is 6.10 Å². The molecule has 0 saturated heterocycles. The molecule has 94 valence electrons. The molecule has 1 aliphatic rings. The Hall–Kier alpha value is -0.850. The molecule has 1 heterocycles. The Morgan fingerprint density at radius 1 is 1.53 bits per heavy atom. The molecule has 2 rings (SSSR count). The number of carbonyl (C=O) groups is 1. The molecule has 3 N–H and O–H groups in total. The van der Waals surface area contributed by atoms with Gasteiger partial charge in [-0.25, -0.2) is 0 Å². The van der Waals surface area contributed by atoms with Crippen LogP contribution in [-0.4, -0.2) is 34.9 Å². The van der Waals surface area contributed by atoms with Crippen molar-refractivity contribution in [3.05, 3.63) is 22.6 Å². The number of carbonyl (C=O) groups excluding carboxylic acids is 1. The Morgan fingerprint density at radius 2 is 2.29 bits per heavy atom. The third-order valence-corrected chi connectivity index (χ3v) is 3.45. The fourth-order valence-electron chi connectivity index (χ4n) is 2.11. The molecular weight excluding hydrogens is 290 g/mol. The van der Waals surface area contributed by atoms with Crippen molar-refractivity contribution in [2.45, 2.75) is 25.0 Å². The number of halogens is 1. The van der Waals surface area contributed by atoms with Crippen molar-refractivity contribution in [2.24, 2.45) is 5.92 Å². The van der Waals surface area contributed by atoms with Crippen LogP contribution in [0.3, 0.4) is 0 Å². The Bertz CT molecular complexity index is 406. The third kappa shape index (κ3) is 2.88. The predicted octanol–water partition coefficient (Wildman–Crippen LogP) is 0.904. The Morgan fingerprint density at radius 3 is 2.82 bits per heavy atom. The van der Waals surface area contributed by atoms with E-state index in [1.54, 1.807) is 12.1 Å². The number of hydrogen-bond acceptors (Lipinski definition) is 4. The highest BCUT2D eigenvalue weighted by atomic mass is 79.9. The van der Waals surface area contributed by atoms with E-state index in [9.17, 15) is 9.90 Å². The molecule has 5 nitrogen and oxygen atoms in total. The van der Waals surface area contributed by atoms with Gasteiger partial charge in [0.1, 0.15) is 0 Å². The maximum absolute atomic E-state index is 11.7. The van der Waals surface area contributed by atoms with Crippen molar-refractivity contribution in [3.63, 3.8) is 0 Å². The molecule has 17 heavy (non-hydrogen) atoms. The zero-order valence-electron chi connectivity index (χ0n) is 9.10. The lowest BCUT2D eigenvalue weighted by Crippen LogP contribution is -2.33. The van der Waals surface area contributed by atoms with E-state index in [-0.39, 0.29) is 30.2 Å². The van der Waals surface area contributed by atoms with Crippen LogP contribution in [0.1, 0.15) is 23.4 Å². The van der Waals surface area contributed by atoms with E-state index in [0.29, 0.717) is 17.5 Å². The molecule has 1 aliphatic carbocycles. The van der Waals surface area contributed by atoms with Gasteiger partial charge in [-0.2, -0.15) is 0 Å². The van der Waals surface area contributed by atoms with Crippen molar-refractivity contribution in [1.29, 1.82) is 0 Å². The first kappa shape index (κ1) is 12.6. The van der Waals surface area contributed by atoms with Crippen LogP contribution in [0.5, 0.6) is 0 Å². The van der Waals surface area contributed by atoms with Crippen LogP contribution in [0, 0.1) is 5.92 Å². The van der Waals surface area contributed by atoms with Crippen molar-refractivity contribution in [2.75, 3.05) is 6.61 Å². The molecule has 0 aromatic carbocycles. The van der Waals surface area contributed by atoms with Crippen LogP contribution in [-0.2, 0) is 0 Å². The number of aliphatic hydroxyl groups is 2. The first-order valence-electron chi connectivity index (χ1n) is 5.45. The average molecular weight is 304 g/mol. The van der Waals surface area contributed by atoms with Gasteiger partial charge in [-0.15, -0.1) is 0 Å². The van der Waals surface area contributed by atoms with Crippen LogP contribution in [0.2, 0.25) is 0 Å². The van der Waals surface area contributed by atoms with Crippen LogP contribution >= 0.6 is 15.9 Å². The lowest BCUT2D eigenvalue weighted by Gasteiger charge is -2.10. The van der Waals surface area contributed by atoms with Crippen molar-refractivity contribution >= 4 is 21.8 Å². The third-order valence-electron chi connectivity index (χ3n) is 3.02. The van der Waals surface area contributed by atoms with Crippen molar-refractivity contribution in [1.82, 2.24) is 5.32 Å². The summed E-state index contributed by atoms with van der Waals surface area (Å²) in [4.78, 5) is 11.7. The number of amides is 1. The minimum Gasteiger partial charge on any atom is -0.444 e.